The predicted octanol–water partition coefficient (Wildman–Crippen LogP) is 2.90. The van der Waals surface area contributed by atoms with Crippen molar-refractivity contribution in [2.24, 2.45) is 5.41 Å². The smallest absolute Gasteiger partial charge is 0.228 e. The Morgan fingerprint density at radius 2 is 1.96 bits per heavy atom. The molecule has 1 aliphatic rings. The minimum atomic E-state index is -0.309. The Bertz CT molecular complexity index is 669. The molecule has 1 aliphatic heterocycles. The highest BCUT2D eigenvalue weighted by Gasteiger charge is 2.30. The molecule has 3 rings (SSSR count). The number of hydrogen-bond donors (Lipinski definition) is 0. The molecule has 1 saturated heterocycles. The van der Waals surface area contributed by atoms with Crippen LogP contribution in [0.4, 0.5) is 5.13 Å². The maximum atomic E-state index is 12.3. The van der Waals surface area contributed by atoms with E-state index in [4.69, 9.17) is 4.98 Å². The van der Waals surface area contributed by atoms with E-state index < -0.39 is 0 Å². The van der Waals surface area contributed by atoms with E-state index in [1.807, 2.05) is 44.0 Å². The van der Waals surface area contributed by atoms with Crippen LogP contribution in [0.2, 0.25) is 0 Å². The second kappa shape index (κ2) is 6.28. The van der Waals surface area contributed by atoms with Gasteiger partial charge in [0.15, 0.2) is 5.13 Å². The molecule has 2 aromatic heterocycles. The van der Waals surface area contributed by atoms with E-state index in [1.165, 1.54) is 0 Å². The van der Waals surface area contributed by atoms with Crippen LogP contribution in [0.25, 0.3) is 11.3 Å². The first-order chi connectivity index (χ1) is 10.9. The molecule has 23 heavy (non-hydrogen) atoms. The van der Waals surface area contributed by atoms with Gasteiger partial charge in [-0.1, -0.05) is 20.8 Å². The summed E-state index contributed by atoms with van der Waals surface area (Å²) in [4.78, 5) is 25.4. The Hall–Kier alpha value is -1.95. The molecule has 5 nitrogen and oxygen atoms in total. The van der Waals surface area contributed by atoms with Gasteiger partial charge in [-0.05, 0) is 12.1 Å². The molecule has 0 atom stereocenters. The highest BCUT2D eigenvalue weighted by molar-refractivity contribution is 7.14. The Labute approximate surface area is 141 Å². The number of rotatable bonds is 2. The second-order valence-corrected chi connectivity index (χ2v) is 7.62. The SMILES string of the molecule is CC(C)(C)C(=O)N1CCN(c2nc(-c3cccnc3)cs2)CC1. The van der Waals surface area contributed by atoms with Crippen LogP contribution in [0.1, 0.15) is 20.8 Å². The molecule has 0 N–H and O–H groups in total. The van der Waals surface area contributed by atoms with Gasteiger partial charge in [0.2, 0.25) is 5.91 Å². The average molecular weight is 330 g/mol. The summed E-state index contributed by atoms with van der Waals surface area (Å²) in [5.41, 5.74) is 1.69. The van der Waals surface area contributed by atoms with Crippen molar-refractivity contribution in [3.63, 3.8) is 0 Å². The molecule has 3 heterocycles. The third-order valence-corrected chi connectivity index (χ3v) is 4.83. The number of hydrogen-bond acceptors (Lipinski definition) is 5. The van der Waals surface area contributed by atoms with Crippen molar-refractivity contribution in [2.45, 2.75) is 20.8 Å². The quantitative estimate of drug-likeness (QED) is 0.849. The van der Waals surface area contributed by atoms with Crippen molar-refractivity contribution in [1.82, 2.24) is 14.9 Å². The number of aromatic nitrogens is 2. The zero-order chi connectivity index (χ0) is 16.4. The van der Waals surface area contributed by atoms with Gasteiger partial charge < -0.3 is 9.80 Å². The molecule has 122 valence electrons. The van der Waals surface area contributed by atoms with Gasteiger partial charge in [-0.15, -0.1) is 11.3 Å². The summed E-state index contributed by atoms with van der Waals surface area (Å²) in [5.74, 6) is 0.229. The molecule has 0 aromatic carbocycles. The lowest BCUT2D eigenvalue weighted by atomic mass is 9.94. The van der Waals surface area contributed by atoms with Crippen LogP contribution in [0.15, 0.2) is 29.9 Å². The van der Waals surface area contributed by atoms with Crippen LogP contribution in [-0.4, -0.2) is 47.0 Å². The van der Waals surface area contributed by atoms with Crippen LogP contribution in [0.5, 0.6) is 0 Å². The van der Waals surface area contributed by atoms with Crippen molar-refractivity contribution in [1.29, 1.82) is 0 Å². The fraction of sp³-hybridized carbons (Fsp3) is 0.471. The molecule has 2 aromatic rings. The highest BCUT2D eigenvalue weighted by atomic mass is 32.1. The van der Waals surface area contributed by atoms with Gasteiger partial charge in [-0.2, -0.15) is 0 Å². The van der Waals surface area contributed by atoms with E-state index in [2.05, 4.69) is 15.3 Å². The van der Waals surface area contributed by atoms with Crippen LogP contribution in [-0.2, 0) is 4.79 Å². The maximum Gasteiger partial charge on any atom is 0.228 e. The van der Waals surface area contributed by atoms with Gasteiger partial charge in [0.25, 0.3) is 0 Å². The fourth-order valence-corrected chi connectivity index (χ4v) is 3.52. The lowest BCUT2D eigenvalue weighted by molar-refractivity contribution is -0.139. The third-order valence-electron chi connectivity index (χ3n) is 3.93. The van der Waals surface area contributed by atoms with E-state index in [0.717, 1.165) is 42.6 Å². The standard InChI is InChI=1S/C17H22N4OS/c1-17(2,3)15(22)20-7-9-21(10-8-20)16-19-14(12-23-16)13-5-4-6-18-11-13/h4-6,11-12H,7-10H2,1-3H3. The first-order valence-corrected chi connectivity index (χ1v) is 8.73. The van der Waals surface area contributed by atoms with Crippen LogP contribution in [0, 0.1) is 5.41 Å². The molecule has 1 amide bonds. The first-order valence-electron chi connectivity index (χ1n) is 7.85. The lowest BCUT2D eigenvalue weighted by Gasteiger charge is -2.37. The largest absolute Gasteiger partial charge is 0.345 e. The van der Waals surface area contributed by atoms with Crippen molar-refractivity contribution >= 4 is 22.4 Å². The number of pyridine rings is 1. The van der Waals surface area contributed by atoms with Gasteiger partial charge in [-0.3, -0.25) is 9.78 Å². The van der Waals surface area contributed by atoms with E-state index in [9.17, 15) is 4.79 Å². The summed E-state index contributed by atoms with van der Waals surface area (Å²) >= 11 is 1.65. The summed E-state index contributed by atoms with van der Waals surface area (Å²) in [7, 11) is 0. The molecule has 0 bridgehead atoms. The zero-order valence-corrected chi connectivity index (χ0v) is 14.6. The number of thiazole rings is 1. The second-order valence-electron chi connectivity index (χ2n) is 6.79. The van der Waals surface area contributed by atoms with E-state index in [0.29, 0.717) is 0 Å². The van der Waals surface area contributed by atoms with Gasteiger partial charge >= 0.3 is 0 Å². The molecular weight excluding hydrogens is 308 g/mol. The Kier molecular flexibility index (Phi) is 4.35. The number of carbonyl (C=O) groups is 1. The maximum absolute atomic E-state index is 12.3. The molecule has 6 heteroatoms. The minimum Gasteiger partial charge on any atom is -0.345 e. The lowest BCUT2D eigenvalue weighted by Crippen LogP contribution is -2.51. The number of nitrogens with zero attached hydrogens (tertiary/aromatic N) is 4. The highest BCUT2D eigenvalue weighted by Crippen LogP contribution is 2.28. The van der Waals surface area contributed by atoms with Crippen molar-refractivity contribution in [3.05, 3.63) is 29.9 Å². The van der Waals surface area contributed by atoms with Crippen LogP contribution >= 0.6 is 11.3 Å². The number of carbonyl (C=O) groups excluding carboxylic acids is 1. The number of piperazine rings is 1. The molecule has 0 spiro atoms. The van der Waals surface area contributed by atoms with Crippen molar-refractivity contribution < 1.29 is 4.79 Å². The normalized spacial score (nSPS) is 15.8. The summed E-state index contributed by atoms with van der Waals surface area (Å²) in [5, 5.41) is 3.09. The van der Waals surface area contributed by atoms with Gasteiger partial charge in [0.05, 0.1) is 5.69 Å². The predicted molar refractivity (Wildman–Crippen MR) is 93.6 cm³/mol. The topological polar surface area (TPSA) is 49.3 Å². The van der Waals surface area contributed by atoms with Crippen LogP contribution < -0.4 is 4.90 Å². The summed E-state index contributed by atoms with van der Waals surface area (Å²) in [6.07, 6.45) is 3.60. The fourth-order valence-electron chi connectivity index (χ4n) is 2.63. The Morgan fingerprint density at radius 1 is 1.22 bits per heavy atom. The minimum absolute atomic E-state index is 0.229. The molecule has 0 radical (unpaired) electrons. The molecule has 0 saturated carbocycles. The van der Waals surface area contributed by atoms with Crippen LogP contribution in [0.3, 0.4) is 0 Å². The summed E-state index contributed by atoms with van der Waals surface area (Å²) < 4.78 is 0. The number of amides is 1. The number of anilines is 1. The summed E-state index contributed by atoms with van der Waals surface area (Å²) in [6, 6.07) is 3.94. The first kappa shape index (κ1) is 15.9. The van der Waals surface area contributed by atoms with Gasteiger partial charge in [0.1, 0.15) is 0 Å². The molecule has 1 fully saturated rings. The van der Waals surface area contributed by atoms with Gasteiger partial charge in [-0.25, -0.2) is 4.98 Å². The van der Waals surface area contributed by atoms with Gasteiger partial charge in [0, 0.05) is 54.9 Å². The third kappa shape index (κ3) is 3.52. The molecule has 0 aliphatic carbocycles. The summed E-state index contributed by atoms with van der Waals surface area (Å²) in [6.45, 7) is 9.12. The monoisotopic (exact) mass is 330 g/mol. The average Bonchev–Trinajstić information content (AvgIpc) is 3.04. The van der Waals surface area contributed by atoms with E-state index in [1.54, 1.807) is 17.5 Å². The zero-order valence-electron chi connectivity index (χ0n) is 13.8. The molecular formula is C17H22N4OS. The van der Waals surface area contributed by atoms with Crippen molar-refractivity contribution in [3.8, 4) is 11.3 Å². The van der Waals surface area contributed by atoms with E-state index >= 15 is 0 Å². The Morgan fingerprint density at radius 3 is 2.57 bits per heavy atom. The van der Waals surface area contributed by atoms with E-state index in [-0.39, 0.29) is 11.3 Å². The van der Waals surface area contributed by atoms with Crippen molar-refractivity contribution in [2.75, 3.05) is 31.1 Å². The molecule has 0 unspecified atom stereocenters. The Balaban J connectivity index is 1.65.